The maximum absolute atomic E-state index is 12.8. The van der Waals surface area contributed by atoms with Crippen molar-refractivity contribution in [3.8, 4) is 5.75 Å². The normalized spacial score (nSPS) is 14.3. The molecule has 0 fully saturated rings. The van der Waals surface area contributed by atoms with Crippen LogP contribution in [0.25, 0.3) is 0 Å². The Balaban J connectivity index is 2.08. The van der Waals surface area contributed by atoms with Crippen molar-refractivity contribution < 1.29 is 18.7 Å². The van der Waals surface area contributed by atoms with Crippen LogP contribution in [-0.2, 0) is 20.6 Å². The lowest BCUT2D eigenvalue weighted by Gasteiger charge is -2.40. The second-order valence-corrected chi connectivity index (χ2v) is 13.7. The zero-order valence-corrected chi connectivity index (χ0v) is 19.5. The molecule has 5 heteroatoms. The van der Waals surface area contributed by atoms with Crippen molar-refractivity contribution in [2.45, 2.75) is 58.5 Å². The van der Waals surface area contributed by atoms with Gasteiger partial charge in [-0.1, -0.05) is 69.3 Å². The van der Waals surface area contributed by atoms with Crippen molar-refractivity contribution in [1.82, 2.24) is 0 Å². The summed E-state index contributed by atoms with van der Waals surface area (Å²) < 4.78 is 18.1. The number of ether oxygens (including phenoxy) is 2. The van der Waals surface area contributed by atoms with Crippen LogP contribution >= 0.6 is 0 Å². The third-order valence-corrected chi connectivity index (χ3v) is 10.0. The fourth-order valence-corrected chi connectivity index (χ4v) is 3.93. The minimum atomic E-state index is -2.09. The molecule has 0 aromatic heterocycles. The van der Waals surface area contributed by atoms with Gasteiger partial charge in [-0.05, 0) is 42.8 Å². The van der Waals surface area contributed by atoms with E-state index in [9.17, 15) is 4.79 Å². The van der Waals surface area contributed by atoms with Gasteiger partial charge >= 0.3 is 5.97 Å². The Labute approximate surface area is 176 Å². The lowest BCUT2D eigenvalue weighted by molar-refractivity contribution is -0.143. The van der Waals surface area contributed by atoms with Crippen LogP contribution in [0.3, 0.4) is 0 Å². The van der Waals surface area contributed by atoms with Crippen molar-refractivity contribution >= 4 is 14.3 Å². The van der Waals surface area contributed by atoms with Gasteiger partial charge in [0, 0.05) is 0 Å². The Hall–Kier alpha value is -1.95. The summed E-state index contributed by atoms with van der Waals surface area (Å²) in [5.41, 5.74) is 1.10. The van der Waals surface area contributed by atoms with E-state index in [0.717, 1.165) is 5.56 Å². The van der Waals surface area contributed by atoms with Gasteiger partial charge in [-0.15, -0.1) is 0 Å². The molecule has 0 N–H and O–H groups in total. The summed E-state index contributed by atoms with van der Waals surface area (Å²) in [4.78, 5) is 12.8. The van der Waals surface area contributed by atoms with Gasteiger partial charge in [0.15, 0.2) is 8.32 Å². The third-order valence-electron chi connectivity index (χ3n) is 5.54. The van der Waals surface area contributed by atoms with Crippen molar-refractivity contribution in [2.75, 3.05) is 6.61 Å². The smallest absolute Gasteiger partial charge is 0.316 e. The molecule has 0 unspecified atom stereocenters. The lowest BCUT2D eigenvalue weighted by atomic mass is 10.1. The van der Waals surface area contributed by atoms with Crippen LogP contribution in [0.4, 0.5) is 0 Å². The van der Waals surface area contributed by atoms with Gasteiger partial charge in [0.05, 0.1) is 25.2 Å². The summed E-state index contributed by atoms with van der Waals surface area (Å²) >= 11 is 0. The molecule has 0 saturated carbocycles. The summed E-state index contributed by atoms with van der Waals surface area (Å²) in [6.45, 7) is 13.6. The Kier molecular flexibility index (Phi) is 8.20. The van der Waals surface area contributed by atoms with Crippen LogP contribution in [0.2, 0.25) is 18.1 Å². The molecule has 0 amide bonds. The highest BCUT2D eigenvalue weighted by Gasteiger charge is 2.41. The predicted octanol–water partition coefficient (Wildman–Crippen LogP) is 5.84. The van der Waals surface area contributed by atoms with Gasteiger partial charge in [0.2, 0.25) is 0 Å². The highest BCUT2D eigenvalue weighted by molar-refractivity contribution is 6.74. The minimum Gasteiger partial charge on any atom is -0.426 e. The maximum Gasteiger partial charge on any atom is 0.316 e. The predicted molar refractivity (Wildman–Crippen MR) is 119 cm³/mol. The summed E-state index contributed by atoms with van der Waals surface area (Å²) in [7, 11) is -2.09. The fraction of sp³-hybridized carbons (Fsp3) is 0.458. The molecule has 4 nitrogen and oxygen atoms in total. The Morgan fingerprint density at radius 1 is 0.966 bits per heavy atom. The van der Waals surface area contributed by atoms with Gasteiger partial charge in [-0.2, -0.15) is 0 Å². The van der Waals surface area contributed by atoms with Crippen LogP contribution in [0.5, 0.6) is 5.75 Å². The molecule has 158 valence electrons. The molecule has 0 heterocycles. The quantitative estimate of drug-likeness (QED) is 0.294. The number of para-hydroxylation sites is 1. The number of esters is 1. The van der Waals surface area contributed by atoms with Crippen LogP contribution < -0.4 is 4.74 Å². The molecule has 0 aliphatic heterocycles. The number of benzene rings is 2. The fourth-order valence-electron chi connectivity index (χ4n) is 2.55. The summed E-state index contributed by atoms with van der Waals surface area (Å²) in [5, 5.41) is 0.0355. The van der Waals surface area contributed by atoms with Crippen LogP contribution in [0.15, 0.2) is 60.7 Å². The molecule has 2 rings (SSSR count). The van der Waals surface area contributed by atoms with Crippen LogP contribution in [0.1, 0.15) is 33.3 Å². The molecule has 0 aliphatic carbocycles. The van der Waals surface area contributed by atoms with Gasteiger partial charge in [0.25, 0.3) is 0 Å². The molecule has 0 saturated heterocycles. The number of hydrogen-bond donors (Lipinski definition) is 0. The second kappa shape index (κ2) is 10.2. The molecule has 2 atom stereocenters. The first-order valence-corrected chi connectivity index (χ1v) is 13.1. The second-order valence-electron chi connectivity index (χ2n) is 8.94. The van der Waals surface area contributed by atoms with E-state index in [1.165, 1.54) is 0 Å². The number of carbonyl (C=O) groups is 1. The van der Waals surface area contributed by atoms with E-state index in [1.54, 1.807) is 12.1 Å². The Bertz CT molecular complexity index is 753. The van der Waals surface area contributed by atoms with Crippen molar-refractivity contribution in [3.05, 3.63) is 66.2 Å². The van der Waals surface area contributed by atoms with E-state index in [2.05, 4.69) is 33.9 Å². The first-order valence-electron chi connectivity index (χ1n) is 10.2. The maximum atomic E-state index is 12.8. The number of carbonyl (C=O) groups excluding carboxylic acids is 1. The topological polar surface area (TPSA) is 44.8 Å². The largest absolute Gasteiger partial charge is 0.426 e. The Morgan fingerprint density at radius 2 is 1.52 bits per heavy atom. The average Bonchev–Trinajstić information content (AvgIpc) is 2.67. The zero-order chi connectivity index (χ0) is 21.5. The molecular formula is C24H34O4Si. The average molecular weight is 415 g/mol. The first kappa shape index (κ1) is 23.3. The lowest BCUT2D eigenvalue weighted by Crippen LogP contribution is -2.48. The van der Waals surface area contributed by atoms with Crippen molar-refractivity contribution in [3.63, 3.8) is 0 Å². The molecule has 29 heavy (non-hydrogen) atoms. The van der Waals surface area contributed by atoms with E-state index >= 15 is 0 Å². The molecular weight excluding hydrogens is 380 g/mol. The van der Waals surface area contributed by atoms with E-state index in [-0.39, 0.29) is 17.1 Å². The monoisotopic (exact) mass is 414 g/mol. The van der Waals surface area contributed by atoms with E-state index in [4.69, 9.17) is 13.9 Å². The minimum absolute atomic E-state index is 0.0355. The summed E-state index contributed by atoms with van der Waals surface area (Å²) in [6.07, 6.45) is -0.365. The SMILES string of the molecule is C[C@@H](C(=O)Oc1ccccc1)[C@H](COCc1ccccc1)O[Si](C)(C)C(C)(C)C. The van der Waals surface area contributed by atoms with Gasteiger partial charge in [-0.3, -0.25) is 4.79 Å². The highest BCUT2D eigenvalue weighted by Crippen LogP contribution is 2.38. The molecule has 0 aliphatic rings. The van der Waals surface area contributed by atoms with Crippen molar-refractivity contribution in [2.24, 2.45) is 5.92 Å². The van der Waals surface area contributed by atoms with Crippen LogP contribution in [0, 0.1) is 5.92 Å². The van der Waals surface area contributed by atoms with Crippen molar-refractivity contribution in [1.29, 1.82) is 0 Å². The standard InChI is InChI=1S/C24H34O4Si/c1-19(23(25)27-21-15-11-8-12-16-21)22(28-29(5,6)24(2,3)4)18-26-17-20-13-9-7-10-14-20/h7-16,19,22H,17-18H2,1-6H3/t19-,22+/m1/s1. The molecule has 2 aromatic rings. The van der Waals surface area contributed by atoms with E-state index in [0.29, 0.717) is 19.0 Å². The zero-order valence-electron chi connectivity index (χ0n) is 18.5. The van der Waals surface area contributed by atoms with E-state index in [1.807, 2.05) is 55.5 Å². The van der Waals surface area contributed by atoms with Gasteiger partial charge in [0.1, 0.15) is 5.75 Å². The van der Waals surface area contributed by atoms with E-state index < -0.39 is 14.2 Å². The van der Waals surface area contributed by atoms with Crippen LogP contribution in [-0.4, -0.2) is 27.0 Å². The molecule has 0 radical (unpaired) electrons. The number of hydrogen-bond acceptors (Lipinski definition) is 4. The summed E-state index contributed by atoms with van der Waals surface area (Å²) in [5.74, 6) is -0.205. The number of rotatable bonds is 9. The molecule has 0 bridgehead atoms. The third kappa shape index (κ3) is 7.10. The van der Waals surface area contributed by atoms with Gasteiger partial charge in [-0.25, -0.2) is 0 Å². The van der Waals surface area contributed by atoms with Gasteiger partial charge < -0.3 is 13.9 Å². The highest BCUT2D eigenvalue weighted by atomic mass is 28.4. The Morgan fingerprint density at radius 3 is 2.07 bits per heavy atom. The first-order chi connectivity index (χ1) is 13.6. The molecule has 2 aromatic carbocycles. The summed E-state index contributed by atoms with van der Waals surface area (Å²) in [6, 6.07) is 19.1. The molecule has 0 spiro atoms.